The van der Waals surface area contributed by atoms with Crippen LogP contribution in [0.4, 0.5) is 9.59 Å². The Labute approximate surface area is 273 Å². The maximum absolute atomic E-state index is 13.1. The summed E-state index contributed by atoms with van der Waals surface area (Å²) in [6, 6.07) is 6.14. The molecule has 1 aromatic carbocycles. The van der Waals surface area contributed by atoms with E-state index in [9.17, 15) is 19.3 Å². The highest BCUT2D eigenvalue weighted by molar-refractivity contribution is 7.53. The van der Waals surface area contributed by atoms with E-state index in [1.807, 2.05) is 13.8 Å². The van der Waals surface area contributed by atoms with Gasteiger partial charge in [-0.2, -0.15) is 0 Å². The molecular weight excluding hydrogens is 619 g/mol. The average Bonchev–Trinajstić information content (AvgIpc) is 3.60. The van der Waals surface area contributed by atoms with Crippen molar-refractivity contribution in [1.29, 1.82) is 0 Å². The van der Waals surface area contributed by atoms with Crippen LogP contribution in [0.15, 0.2) is 24.3 Å². The number of ether oxygens (including phenoxy) is 5. The van der Waals surface area contributed by atoms with Gasteiger partial charge in [0.05, 0.1) is 51.0 Å². The van der Waals surface area contributed by atoms with Crippen molar-refractivity contribution < 1.29 is 52.0 Å². The molecule has 0 aromatic heterocycles. The zero-order chi connectivity index (χ0) is 33.9. The molecule has 2 aliphatic heterocycles. The van der Waals surface area contributed by atoms with Crippen molar-refractivity contribution in [2.75, 3.05) is 45.9 Å². The highest BCUT2D eigenvalue weighted by Gasteiger charge is 2.44. The highest BCUT2D eigenvalue weighted by atomic mass is 31.2. The minimum atomic E-state index is -3.39. The standard InChI is InChI=1S/C32H53N2O11P/c1-8-22(4)18-34(31(37)45-32(5,6)7)19-27(35)26(33-30(36)44-28-20-40-29-25(28)15-16-39-29)17-23-11-13-24(14-12-23)41-21-46(38,42-9-2)43-10-3/h11-14,22,25-29,35H,8-10,15-21H2,1-7H3,(H,33,36)/t22-,25-,26-,27+,28-,29+/m0/s1. The van der Waals surface area contributed by atoms with Gasteiger partial charge in [-0.05, 0) is 71.1 Å². The molecule has 262 valence electrons. The van der Waals surface area contributed by atoms with Crippen molar-refractivity contribution in [1.82, 2.24) is 10.2 Å². The molecule has 2 N–H and O–H groups in total. The lowest BCUT2D eigenvalue weighted by Crippen LogP contribution is -2.52. The lowest BCUT2D eigenvalue weighted by molar-refractivity contribution is -0.0907. The molecule has 1 aromatic rings. The minimum Gasteiger partial charge on any atom is -0.481 e. The van der Waals surface area contributed by atoms with Gasteiger partial charge in [-0.1, -0.05) is 32.4 Å². The maximum Gasteiger partial charge on any atom is 0.410 e. The minimum absolute atomic E-state index is 0.0411. The van der Waals surface area contributed by atoms with Gasteiger partial charge in [-0.15, -0.1) is 0 Å². The monoisotopic (exact) mass is 672 g/mol. The van der Waals surface area contributed by atoms with Crippen molar-refractivity contribution in [3.63, 3.8) is 0 Å². The molecule has 0 saturated carbocycles. The number of fused-ring (bicyclic) bond motifs is 1. The zero-order valence-electron chi connectivity index (χ0n) is 28.3. The van der Waals surface area contributed by atoms with E-state index < -0.39 is 43.6 Å². The predicted molar refractivity (Wildman–Crippen MR) is 171 cm³/mol. The Morgan fingerprint density at radius 1 is 1.09 bits per heavy atom. The van der Waals surface area contributed by atoms with Gasteiger partial charge in [-0.3, -0.25) is 4.57 Å². The number of hydrogen-bond acceptors (Lipinski definition) is 11. The van der Waals surface area contributed by atoms with Crippen LogP contribution in [0.2, 0.25) is 0 Å². The number of aliphatic hydroxyl groups excluding tert-OH is 1. The Kier molecular flexibility index (Phi) is 14.6. The van der Waals surface area contributed by atoms with Crippen molar-refractivity contribution in [2.24, 2.45) is 11.8 Å². The number of nitrogens with zero attached hydrogens (tertiary/aromatic N) is 1. The van der Waals surface area contributed by atoms with Crippen LogP contribution < -0.4 is 10.1 Å². The summed E-state index contributed by atoms with van der Waals surface area (Å²) in [5.41, 5.74) is 0.0549. The van der Waals surface area contributed by atoms with E-state index in [0.717, 1.165) is 18.4 Å². The molecule has 0 spiro atoms. The van der Waals surface area contributed by atoms with Gasteiger partial charge in [0.1, 0.15) is 17.5 Å². The maximum atomic E-state index is 13.1. The number of alkyl carbamates (subject to hydrolysis) is 1. The number of nitrogens with one attached hydrogen (secondary N) is 1. The summed E-state index contributed by atoms with van der Waals surface area (Å²) in [5.74, 6) is 0.570. The fourth-order valence-electron chi connectivity index (χ4n) is 5.20. The smallest absolute Gasteiger partial charge is 0.410 e. The summed E-state index contributed by atoms with van der Waals surface area (Å²) in [5, 5.41) is 14.3. The van der Waals surface area contributed by atoms with E-state index in [4.69, 9.17) is 32.7 Å². The molecule has 0 radical (unpaired) electrons. The Balaban J connectivity index is 1.74. The second-order valence-corrected chi connectivity index (χ2v) is 14.8. The average molecular weight is 673 g/mol. The normalized spacial score (nSPS) is 21.6. The molecule has 0 bridgehead atoms. The third-order valence-corrected chi connectivity index (χ3v) is 9.47. The van der Waals surface area contributed by atoms with Crippen LogP contribution in [-0.2, 0) is 39.0 Å². The number of amides is 2. The van der Waals surface area contributed by atoms with Crippen LogP contribution in [0.3, 0.4) is 0 Å². The molecule has 6 atom stereocenters. The van der Waals surface area contributed by atoms with Crippen molar-refractivity contribution in [3.05, 3.63) is 29.8 Å². The fraction of sp³-hybridized carbons (Fsp3) is 0.750. The summed E-state index contributed by atoms with van der Waals surface area (Å²) in [4.78, 5) is 27.8. The molecule has 2 fully saturated rings. The number of rotatable bonds is 17. The first-order chi connectivity index (χ1) is 21.8. The molecule has 0 aliphatic carbocycles. The lowest BCUT2D eigenvalue weighted by Gasteiger charge is -2.33. The lowest BCUT2D eigenvalue weighted by atomic mass is 10.00. The van der Waals surface area contributed by atoms with E-state index in [1.165, 1.54) is 4.90 Å². The zero-order valence-corrected chi connectivity index (χ0v) is 29.2. The fourth-order valence-corrected chi connectivity index (χ4v) is 6.51. The Bertz CT molecular complexity index is 1140. The molecule has 13 nitrogen and oxygen atoms in total. The highest BCUT2D eigenvalue weighted by Crippen LogP contribution is 2.47. The molecular formula is C32H53N2O11P. The summed E-state index contributed by atoms with van der Waals surface area (Å²) in [6.45, 7) is 14.4. The van der Waals surface area contributed by atoms with Crippen LogP contribution in [-0.4, -0.2) is 98.2 Å². The van der Waals surface area contributed by atoms with Gasteiger partial charge >= 0.3 is 19.8 Å². The van der Waals surface area contributed by atoms with Crippen LogP contribution in [0.25, 0.3) is 0 Å². The van der Waals surface area contributed by atoms with Gasteiger partial charge in [0.25, 0.3) is 0 Å². The molecule has 2 saturated heterocycles. The van der Waals surface area contributed by atoms with Crippen LogP contribution in [0.1, 0.15) is 66.9 Å². The second kappa shape index (κ2) is 17.7. The summed E-state index contributed by atoms with van der Waals surface area (Å²) >= 11 is 0. The molecule has 14 heteroatoms. The predicted octanol–water partition coefficient (Wildman–Crippen LogP) is 5.33. The summed E-state index contributed by atoms with van der Waals surface area (Å²) in [7, 11) is -3.39. The SMILES string of the molecule is CCOP(=O)(COc1ccc(C[C@H](NC(=O)O[C@H]2CO[C@H]3OCC[C@H]32)[C@H](O)CN(C[C@@H](C)CC)C(=O)OC(C)(C)C)cc1)OCC. The molecule has 3 rings (SSSR count). The van der Waals surface area contributed by atoms with E-state index in [1.54, 1.807) is 58.9 Å². The third-order valence-electron chi connectivity index (χ3n) is 7.72. The molecule has 0 unspecified atom stereocenters. The molecule has 46 heavy (non-hydrogen) atoms. The van der Waals surface area contributed by atoms with E-state index in [0.29, 0.717) is 18.9 Å². The van der Waals surface area contributed by atoms with Crippen molar-refractivity contribution in [3.8, 4) is 5.75 Å². The molecule has 2 amide bonds. The first-order valence-corrected chi connectivity index (χ1v) is 17.9. The number of aliphatic hydroxyl groups is 1. The summed E-state index contributed by atoms with van der Waals surface area (Å²) < 4.78 is 51.5. The second-order valence-electron chi connectivity index (χ2n) is 12.8. The topological polar surface area (TPSA) is 151 Å². The molecule has 2 aliphatic rings. The number of hydrogen-bond donors (Lipinski definition) is 2. The van der Waals surface area contributed by atoms with Crippen LogP contribution in [0.5, 0.6) is 5.75 Å². The van der Waals surface area contributed by atoms with Gasteiger partial charge in [0, 0.05) is 6.54 Å². The number of carbonyl (C=O) groups excluding carboxylic acids is 2. The van der Waals surface area contributed by atoms with Crippen molar-refractivity contribution >= 4 is 19.8 Å². The first kappa shape index (κ1) is 38.0. The summed E-state index contributed by atoms with van der Waals surface area (Å²) in [6.07, 6.45) is -1.70. The first-order valence-electron chi connectivity index (χ1n) is 16.2. The largest absolute Gasteiger partial charge is 0.481 e. The Morgan fingerprint density at radius 3 is 2.37 bits per heavy atom. The Hall–Kier alpha value is -2.41. The van der Waals surface area contributed by atoms with Gasteiger partial charge < -0.3 is 48.1 Å². The number of carbonyl (C=O) groups is 2. The Morgan fingerprint density at radius 2 is 1.76 bits per heavy atom. The van der Waals surface area contributed by atoms with E-state index in [2.05, 4.69) is 5.32 Å². The van der Waals surface area contributed by atoms with Crippen LogP contribution >= 0.6 is 7.60 Å². The van der Waals surface area contributed by atoms with Gasteiger partial charge in [-0.25, -0.2) is 9.59 Å². The van der Waals surface area contributed by atoms with Crippen LogP contribution in [0, 0.1) is 11.8 Å². The quantitative estimate of drug-likeness (QED) is 0.207. The van der Waals surface area contributed by atoms with E-state index >= 15 is 0 Å². The number of benzene rings is 1. The van der Waals surface area contributed by atoms with Gasteiger partial charge in [0.2, 0.25) is 0 Å². The third kappa shape index (κ3) is 12.0. The molecule has 2 heterocycles. The van der Waals surface area contributed by atoms with E-state index in [-0.39, 0.29) is 57.3 Å². The van der Waals surface area contributed by atoms with Gasteiger partial charge in [0.15, 0.2) is 12.6 Å². The van der Waals surface area contributed by atoms with Crippen molar-refractivity contribution in [2.45, 2.75) is 97.9 Å².